The smallest absolute Gasteiger partial charge is 0.262 e. The van der Waals surface area contributed by atoms with E-state index >= 15 is 0 Å². The Morgan fingerprint density at radius 1 is 0.844 bits per heavy atom. The molecule has 0 bridgehead atoms. The Labute approximate surface area is 186 Å². The van der Waals surface area contributed by atoms with Crippen LogP contribution in [0, 0.1) is 11.8 Å². The maximum absolute atomic E-state index is 13.2. The fourth-order valence-electron chi connectivity index (χ4n) is 3.77. The molecule has 2 aromatic heterocycles. The second-order valence-corrected chi connectivity index (χ2v) is 9.08. The molecule has 5 rings (SSSR count). The van der Waals surface area contributed by atoms with Crippen molar-refractivity contribution in [3.63, 3.8) is 0 Å². The molecule has 1 N–H and O–H groups in total. The number of pyridine rings is 1. The molecule has 0 spiro atoms. The van der Waals surface area contributed by atoms with E-state index in [-0.39, 0.29) is 4.90 Å². The van der Waals surface area contributed by atoms with Gasteiger partial charge in [0.1, 0.15) is 0 Å². The molecule has 0 aliphatic rings. The molecule has 0 saturated carbocycles. The molecule has 6 heteroatoms. The molecule has 0 atom stereocenters. The van der Waals surface area contributed by atoms with Crippen LogP contribution >= 0.6 is 0 Å². The lowest BCUT2D eigenvalue weighted by atomic mass is 10.1. The summed E-state index contributed by atoms with van der Waals surface area (Å²) in [5.41, 5.74) is 3.69. The third kappa shape index (κ3) is 3.59. The van der Waals surface area contributed by atoms with Gasteiger partial charge in [-0.2, -0.15) is 0 Å². The number of aryl methyl sites for hydroxylation is 1. The molecule has 0 unspecified atom stereocenters. The van der Waals surface area contributed by atoms with Crippen LogP contribution in [0.5, 0.6) is 0 Å². The number of nitrogens with zero attached hydrogens (tertiary/aromatic N) is 2. The van der Waals surface area contributed by atoms with Crippen LogP contribution in [-0.2, 0) is 17.1 Å². The van der Waals surface area contributed by atoms with E-state index in [1.807, 2.05) is 60.1 Å². The minimum Gasteiger partial charge on any atom is -0.344 e. The average molecular weight is 438 g/mol. The molecule has 0 aliphatic heterocycles. The zero-order valence-electron chi connectivity index (χ0n) is 17.3. The normalized spacial score (nSPS) is 11.3. The minimum absolute atomic E-state index is 0.200. The third-order valence-electron chi connectivity index (χ3n) is 5.37. The van der Waals surface area contributed by atoms with Gasteiger partial charge in [0.05, 0.1) is 16.1 Å². The van der Waals surface area contributed by atoms with Crippen LogP contribution in [0.15, 0.2) is 96.2 Å². The predicted octanol–water partition coefficient (Wildman–Crippen LogP) is 4.93. The quantitative estimate of drug-likeness (QED) is 0.407. The highest BCUT2D eigenvalue weighted by atomic mass is 32.2. The van der Waals surface area contributed by atoms with Crippen molar-refractivity contribution in [1.82, 2.24) is 9.55 Å². The van der Waals surface area contributed by atoms with E-state index in [9.17, 15) is 8.42 Å². The number of anilines is 1. The molecule has 5 nitrogen and oxygen atoms in total. The second-order valence-electron chi connectivity index (χ2n) is 7.40. The summed E-state index contributed by atoms with van der Waals surface area (Å²) in [6.45, 7) is 0. The summed E-state index contributed by atoms with van der Waals surface area (Å²) in [5, 5.41) is 2.11. The van der Waals surface area contributed by atoms with Crippen LogP contribution < -0.4 is 4.72 Å². The fourth-order valence-corrected chi connectivity index (χ4v) is 4.87. The lowest BCUT2D eigenvalue weighted by Crippen LogP contribution is -2.14. The van der Waals surface area contributed by atoms with Crippen LogP contribution in [0.25, 0.3) is 21.8 Å². The summed E-state index contributed by atoms with van der Waals surface area (Å²) < 4.78 is 31.2. The van der Waals surface area contributed by atoms with Crippen molar-refractivity contribution < 1.29 is 8.42 Å². The van der Waals surface area contributed by atoms with Gasteiger partial charge < -0.3 is 4.57 Å². The van der Waals surface area contributed by atoms with E-state index in [2.05, 4.69) is 21.5 Å². The SMILES string of the molecule is Cn1c2ccccc2c2ccc(S(=O)(=O)Nc3ccccc3C#Cc3cccnc3)cc21. The van der Waals surface area contributed by atoms with E-state index in [0.717, 1.165) is 27.4 Å². The summed E-state index contributed by atoms with van der Waals surface area (Å²) in [6.07, 6.45) is 3.35. The predicted molar refractivity (Wildman–Crippen MR) is 128 cm³/mol. The first kappa shape index (κ1) is 19.9. The Hall–Kier alpha value is -4.08. The first-order valence-corrected chi connectivity index (χ1v) is 11.5. The molecule has 32 heavy (non-hydrogen) atoms. The number of rotatable bonds is 3. The number of para-hydroxylation sites is 2. The molecule has 3 aromatic carbocycles. The van der Waals surface area contributed by atoms with Gasteiger partial charge in [-0.05, 0) is 42.5 Å². The average Bonchev–Trinajstić information content (AvgIpc) is 3.11. The van der Waals surface area contributed by atoms with Crippen LogP contribution in [0.2, 0.25) is 0 Å². The second kappa shape index (κ2) is 7.88. The van der Waals surface area contributed by atoms with Crippen LogP contribution in [0.1, 0.15) is 11.1 Å². The number of hydrogen-bond acceptors (Lipinski definition) is 3. The molecule has 0 saturated heterocycles. The van der Waals surface area contributed by atoms with Crippen LogP contribution in [0.4, 0.5) is 5.69 Å². The number of fused-ring (bicyclic) bond motifs is 3. The third-order valence-corrected chi connectivity index (χ3v) is 6.73. The Kier molecular flexibility index (Phi) is 4.89. The van der Waals surface area contributed by atoms with Gasteiger partial charge in [0.2, 0.25) is 0 Å². The topological polar surface area (TPSA) is 64.0 Å². The molecule has 2 heterocycles. The Balaban J connectivity index is 1.53. The summed E-state index contributed by atoms with van der Waals surface area (Å²) in [5.74, 6) is 6.06. The summed E-state index contributed by atoms with van der Waals surface area (Å²) in [7, 11) is -1.87. The molecule has 156 valence electrons. The Morgan fingerprint density at radius 3 is 2.47 bits per heavy atom. The zero-order valence-corrected chi connectivity index (χ0v) is 18.1. The molecule has 0 amide bonds. The van der Waals surface area contributed by atoms with Crippen molar-refractivity contribution in [1.29, 1.82) is 0 Å². The monoisotopic (exact) mass is 437 g/mol. The van der Waals surface area contributed by atoms with Gasteiger partial charge in [0, 0.05) is 46.9 Å². The number of aromatic nitrogens is 2. The summed E-state index contributed by atoms with van der Waals surface area (Å²) in [4.78, 5) is 4.25. The first-order valence-electron chi connectivity index (χ1n) is 10.0. The maximum Gasteiger partial charge on any atom is 0.262 e. The Bertz CT molecular complexity index is 1630. The number of sulfonamides is 1. The van der Waals surface area contributed by atoms with Gasteiger partial charge in [-0.1, -0.05) is 48.2 Å². The van der Waals surface area contributed by atoms with Crippen LogP contribution in [-0.4, -0.2) is 18.0 Å². The lowest BCUT2D eigenvalue weighted by molar-refractivity contribution is 0.601. The molecule has 0 fully saturated rings. The highest BCUT2D eigenvalue weighted by Gasteiger charge is 2.18. The van der Waals surface area contributed by atoms with E-state index in [4.69, 9.17) is 0 Å². The van der Waals surface area contributed by atoms with Crippen molar-refractivity contribution in [3.8, 4) is 11.8 Å². The number of hydrogen-bond donors (Lipinski definition) is 1. The molecule has 0 aliphatic carbocycles. The highest BCUT2D eigenvalue weighted by Crippen LogP contribution is 2.30. The largest absolute Gasteiger partial charge is 0.344 e. The van der Waals surface area contributed by atoms with E-state index in [1.165, 1.54) is 0 Å². The fraction of sp³-hybridized carbons (Fsp3) is 0.0385. The number of benzene rings is 3. The maximum atomic E-state index is 13.2. The van der Waals surface area contributed by atoms with E-state index < -0.39 is 10.0 Å². The first-order chi connectivity index (χ1) is 15.5. The van der Waals surface area contributed by atoms with Gasteiger partial charge in [-0.15, -0.1) is 0 Å². The van der Waals surface area contributed by atoms with Gasteiger partial charge in [0.25, 0.3) is 10.0 Å². The van der Waals surface area contributed by atoms with Gasteiger partial charge in [-0.25, -0.2) is 8.42 Å². The van der Waals surface area contributed by atoms with Crippen molar-refractivity contribution in [2.45, 2.75) is 4.90 Å². The van der Waals surface area contributed by atoms with E-state index in [1.54, 1.807) is 42.7 Å². The zero-order chi connectivity index (χ0) is 22.1. The molecular formula is C26H19N3O2S. The van der Waals surface area contributed by atoms with Crippen molar-refractivity contribution in [2.75, 3.05) is 4.72 Å². The lowest BCUT2D eigenvalue weighted by Gasteiger charge is -2.10. The highest BCUT2D eigenvalue weighted by molar-refractivity contribution is 7.92. The van der Waals surface area contributed by atoms with E-state index in [0.29, 0.717) is 11.3 Å². The van der Waals surface area contributed by atoms with Crippen molar-refractivity contribution in [2.24, 2.45) is 7.05 Å². The summed E-state index contributed by atoms with van der Waals surface area (Å²) >= 11 is 0. The van der Waals surface area contributed by atoms with Crippen molar-refractivity contribution in [3.05, 3.63) is 102 Å². The number of nitrogens with one attached hydrogen (secondary N) is 1. The van der Waals surface area contributed by atoms with Gasteiger partial charge in [0.15, 0.2) is 0 Å². The minimum atomic E-state index is -3.81. The van der Waals surface area contributed by atoms with Crippen molar-refractivity contribution >= 4 is 37.5 Å². The Morgan fingerprint density at radius 2 is 1.62 bits per heavy atom. The molecular weight excluding hydrogens is 418 g/mol. The molecule has 0 radical (unpaired) electrons. The van der Waals surface area contributed by atoms with Gasteiger partial charge >= 0.3 is 0 Å². The standard InChI is InChI=1S/C26H19N3O2S/c1-29-25-11-5-3-9-22(25)23-15-14-21(17-26(23)29)32(30,31)28-24-10-4-2-8-20(24)13-12-19-7-6-16-27-18-19/h2-11,14-18,28H,1H3. The molecule has 5 aromatic rings. The van der Waals surface area contributed by atoms with Gasteiger partial charge in [-0.3, -0.25) is 9.71 Å². The summed E-state index contributed by atoms with van der Waals surface area (Å²) in [6, 6.07) is 24.0. The van der Waals surface area contributed by atoms with Crippen LogP contribution in [0.3, 0.4) is 0 Å².